The first-order valence-electron chi connectivity index (χ1n) is 9.98. The van der Waals surface area contributed by atoms with Gasteiger partial charge in [-0.1, -0.05) is 99.5 Å². The molecule has 3 atom stereocenters. The van der Waals surface area contributed by atoms with Gasteiger partial charge in [0, 0.05) is 0 Å². The predicted molar refractivity (Wildman–Crippen MR) is 119 cm³/mol. The third-order valence-electron chi connectivity index (χ3n) is 5.68. The maximum atomic E-state index is 10.0. The van der Waals surface area contributed by atoms with Crippen LogP contribution in [0.5, 0.6) is 0 Å². The summed E-state index contributed by atoms with van der Waals surface area (Å²) >= 11 is 0. The van der Waals surface area contributed by atoms with Crippen LogP contribution in [0, 0.1) is 18.3 Å². The van der Waals surface area contributed by atoms with Crippen LogP contribution in [-0.4, -0.2) is 25.6 Å². The Morgan fingerprint density at radius 2 is 1.61 bits per heavy atom. The third-order valence-corrected chi connectivity index (χ3v) is 10.7. The second-order valence-corrected chi connectivity index (χ2v) is 12.8. The molecule has 2 aromatic rings. The van der Waals surface area contributed by atoms with E-state index in [1.807, 2.05) is 0 Å². The van der Waals surface area contributed by atoms with Crippen molar-refractivity contribution in [2.45, 2.75) is 50.9 Å². The van der Waals surface area contributed by atoms with Gasteiger partial charge in [-0.15, -0.1) is 6.42 Å². The zero-order valence-corrected chi connectivity index (χ0v) is 18.0. The minimum atomic E-state index is -2.60. The highest BCUT2D eigenvalue weighted by Gasteiger charge is 2.52. The molecule has 0 radical (unpaired) electrons. The average Bonchev–Trinajstić information content (AvgIpc) is 3.12. The first-order valence-corrected chi connectivity index (χ1v) is 11.9. The number of rotatable bonds is 6. The average molecular weight is 391 g/mol. The molecule has 3 heteroatoms. The summed E-state index contributed by atoms with van der Waals surface area (Å²) in [5, 5.41) is 12.5. The smallest absolute Gasteiger partial charge is 0.261 e. The predicted octanol–water partition coefficient (Wildman–Crippen LogP) is 3.89. The summed E-state index contributed by atoms with van der Waals surface area (Å²) in [7, 11) is -2.60. The number of hydrogen-bond acceptors (Lipinski definition) is 2. The number of aliphatic hydroxyl groups excluding tert-OH is 1. The Morgan fingerprint density at radius 3 is 2.07 bits per heavy atom. The normalized spacial score (nSPS) is 20.7. The first-order chi connectivity index (χ1) is 13.4. The Labute approximate surface area is 170 Å². The van der Waals surface area contributed by atoms with Gasteiger partial charge in [-0.3, -0.25) is 0 Å². The van der Waals surface area contributed by atoms with Crippen molar-refractivity contribution in [1.82, 2.24) is 0 Å². The number of allylic oxidation sites excluding steroid dienone is 1. The van der Waals surface area contributed by atoms with Gasteiger partial charge in [0.1, 0.15) is 6.10 Å². The molecule has 146 valence electrons. The highest BCUT2D eigenvalue weighted by Crippen LogP contribution is 2.40. The molecule has 0 saturated heterocycles. The molecule has 0 fully saturated rings. The Kier molecular flexibility index (Phi) is 6.25. The zero-order valence-electron chi connectivity index (χ0n) is 17.0. The van der Waals surface area contributed by atoms with Gasteiger partial charge in [-0.05, 0) is 34.2 Å². The van der Waals surface area contributed by atoms with Gasteiger partial charge in [-0.25, -0.2) is 0 Å². The topological polar surface area (TPSA) is 29.5 Å². The lowest BCUT2D eigenvalue weighted by atomic mass is 9.97. The van der Waals surface area contributed by atoms with E-state index >= 15 is 0 Å². The number of benzene rings is 2. The van der Waals surface area contributed by atoms with E-state index in [1.54, 1.807) is 0 Å². The van der Waals surface area contributed by atoms with Gasteiger partial charge >= 0.3 is 0 Å². The second-order valence-electron chi connectivity index (χ2n) is 8.59. The Hall–Kier alpha value is -2.12. The van der Waals surface area contributed by atoms with Crippen LogP contribution in [0.25, 0.3) is 0 Å². The van der Waals surface area contributed by atoms with Crippen molar-refractivity contribution >= 4 is 18.7 Å². The zero-order chi connectivity index (χ0) is 20.2. The summed E-state index contributed by atoms with van der Waals surface area (Å²) in [4.78, 5) is 0. The molecule has 28 heavy (non-hydrogen) atoms. The highest BCUT2D eigenvalue weighted by atomic mass is 28.4. The van der Waals surface area contributed by atoms with Crippen molar-refractivity contribution in [3.8, 4) is 12.3 Å². The van der Waals surface area contributed by atoms with Gasteiger partial charge in [0.15, 0.2) is 0 Å². The summed E-state index contributed by atoms with van der Waals surface area (Å²) < 4.78 is 7.17. The van der Waals surface area contributed by atoms with Crippen LogP contribution < -0.4 is 10.4 Å². The molecule has 0 aliphatic heterocycles. The molecule has 0 amide bonds. The second kappa shape index (κ2) is 8.49. The van der Waals surface area contributed by atoms with E-state index in [4.69, 9.17) is 10.8 Å². The molecule has 0 heterocycles. The van der Waals surface area contributed by atoms with Crippen LogP contribution in [0.3, 0.4) is 0 Å². The van der Waals surface area contributed by atoms with Crippen molar-refractivity contribution < 1.29 is 9.53 Å². The van der Waals surface area contributed by atoms with Crippen LogP contribution in [-0.2, 0) is 4.43 Å². The van der Waals surface area contributed by atoms with E-state index in [0.717, 1.165) is 6.42 Å². The quantitative estimate of drug-likeness (QED) is 0.461. The molecule has 1 unspecified atom stereocenters. The summed E-state index contributed by atoms with van der Waals surface area (Å²) in [5.41, 5.74) is 0. The third kappa shape index (κ3) is 4.00. The van der Waals surface area contributed by atoms with Gasteiger partial charge < -0.3 is 9.53 Å². The van der Waals surface area contributed by atoms with E-state index in [2.05, 4.69) is 99.5 Å². The monoisotopic (exact) mass is 390 g/mol. The lowest BCUT2D eigenvalue weighted by Gasteiger charge is -2.45. The van der Waals surface area contributed by atoms with Crippen LogP contribution in [0.1, 0.15) is 33.6 Å². The molecule has 3 rings (SSSR count). The maximum Gasteiger partial charge on any atom is 0.261 e. The van der Waals surface area contributed by atoms with Gasteiger partial charge in [-0.2, -0.15) is 0 Å². The highest BCUT2D eigenvalue weighted by molar-refractivity contribution is 6.99. The number of terminal acetylenes is 1. The van der Waals surface area contributed by atoms with E-state index < -0.39 is 14.4 Å². The minimum Gasteiger partial charge on any atom is -0.401 e. The SMILES string of the molecule is C#CC(O)C[C@H]1CC=C[C@H]1O[Si](c1ccccc1)(c1ccccc1)C(C)(C)C. The van der Waals surface area contributed by atoms with Crippen molar-refractivity contribution in [1.29, 1.82) is 0 Å². The molecule has 2 aromatic carbocycles. The van der Waals surface area contributed by atoms with E-state index in [9.17, 15) is 5.11 Å². The number of aliphatic hydroxyl groups is 1. The van der Waals surface area contributed by atoms with Crippen LogP contribution in [0.2, 0.25) is 5.04 Å². The molecule has 0 saturated carbocycles. The van der Waals surface area contributed by atoms with Crippen molar-refractivity contribution in [2.75, 3.05) is 0 Å². The summed E-state index contributed by atoms with van der Waals surface area (Å²) in [6, 6.07) is 21.3. The van der Waals surface area contributed by atoms with Crippen LogP contribution in [0.15, 0.2) is 72.8 Å². The fourth-order valence-electron chi connectivity index (χ4n) is 4.29. The van der Waals surface area contributed by atoms with E-state index in [1.165, 1.54) is 10.4 Å². The fraction of sp³-hybridized carbons (Fsp3) is 0.360. The molecule has 2 nitrogen and oxygen atoms in total. The molecule has 0 spiro atoms. The van der Waals surface area contributed by atoms with Crippen molar-refractivity contribution in [2.24, 2.45) is 5.92 Å². The largest absolute Gasteiger partial charge is 0.401 e. The number of hydrogen-bond donors (Lipinski definition) is 1. The summed E-state index contributed by atoms with van der Waals surface area (Å²) in [6.45, 7) is 6.84. The Balaban J connectivity index is 2.09. The lowest BCUT2D eigenvalue weighted by Crippen LogP contribution is -2.67. The summed E-state index contributed by atoms with van der Waals surface area (Å²) in [5.74, 6) is 2.65. The molecule has 1 aliphatic carbocycles. The Bertz CT molecular complexity index is 791. The van der Waals surface area contributed by atoms with Crippen molar-refractivity contribution in [3.63, 3.8) is 0 Å². The molecule has 1 N–H and O–H groups in total. The minimum absolute atomic E-state index is 0.0469. The van der Waals surface area contributed by atoms with Crippen molar-refractivity contribution in [3.05, 3.63) is 72.8 Å². The lowest BCUT2D eigenvalue weighted by molar-refractivity contribution is 0.128. The van der Waals surface area contributed by atoms with E-state index in [-0.39, 0.29) is 17.1 Å². The first kappa shape index (κ1) is 20.6. The molecule has 0 aromatic heterocycles. The fourth-order valence-corrected chi connectivity index (χ4v) is 8.99. The molecule has 0 bridgehead atoms. The molecule has 1 aliphatic rings. The molecular weight excluding hydrogens is 360 g/mol. The maximum absolute atomic E-state index is 10.0. The summed E-state index contributed by atoms with van der Waals surface area (Å²) in [6.07, 6.45) is 10.4. The van der Waals surface area contributed by atoms with Crippen LogP contribution >= 0.6 is 0 Å². The van der Waals surface area contributed by atoms with Gasteiger partial charge in [0.25, 0.3) is 8.32 Å². The van der Waals surface area contributed by atoms with E-state index in [0.29, 0.717) is 6.42 Å². The van der Waals surface area contributed by atoms with Gasteiger partial charge in [0.05, 0.1) is 6.10 Å². The molecular formula is C25H30O2Si. The van der Waals surface area contributed by atoms with Gasteiger partial charge in [0.2, 0.25) is 0 Å². The Morgan fingerprint density at radius 1 is 1.07 bits per heavy atom. The van der Waals surface area contributed by atoms with Crippen LogP contribution in [0.4, 0.5) is 0 Å². The standard InChI is InChI=1S/C25H30O2Si/c1-5-21(26)19-20-13-12-18-24(20)27-28(25(2,3)4,22-14-8-6-9-15-22)23-16-10-7-11-17-23/h1,6-12,14-18,20-21,24,26H,13,19H2,2-4H3/t20-,21?,24-/m1/s1.